The van der Waals surface area contributed by atoms with Gasteiger partial charge in [0, 0.05) is 42.7 Å². The van der Waals surface area contributed by atoms with E-state index in [0.717, 1.165) is 18.4 Å². The number of oxazole rings is 1. The number of carbonyl (C=O) groups excluding carboxylic acids is 2. The number of aryl methyl sites for hydroxylation is 2. The van der Waals surface area contributed by atoms with Crippen LogP contribution in [-0.2, 0) is 16.0 Å². The SMILES string of the molecule is Cc1ccc(NC(=O)C2CCCN(C(=O)CCc3ncc(-c4ccc(Cl)cc4Cl)o3)C2)nc1. The Morgan fingerprint density at radius 2 is 2.03 bits per heavy atom. The maximum absolute atomic E-state index is 12.8. The van der Waals surface area contributed by atoms with Gasteiger partial charge in [0.15, 0.2) is 11.7 Å². The van der Waals surface area contributed by atoms with Gasteiger partial charge in [0.1, 0.15) is 5.82 Å². The van der Waals surface area contributed by atoms with Gasteiger partial charge in [-0.15, -0.1) is 0 Å². The standard InChI is InChI=1S/C24H24Cl2N4O3/c1-15-4-7-21(27-12-15)29-24(32)16-3-2-10-30(14-16)23(31)9-8-22-28-13-20(33-22)18-6-5-17(25)11-19(18)26/h4-7,11-13,16H,2-3,8-10,14H2,1H3,(H,27,29,32). The van der Waals surface area contributed by atoms with Gasteiger partial charge < -0.3 is 14.6 Å². The van der Waals surface area contributed by atoms with Crippen LogP contribution in [0.3, 0.4) is 0 Å². The van der Waals surface area contributed by atoms with Gasteiger partial charge in [0.25, 0.3) is 0 Å². The van der Waals surface area contributed by atoms with E-state index in [0.29, 0.717) is 52.6 Å². The first-order chi connectivity index (χ1) is 15.9. The lowest BCUT2D eigenvalue weighted by atomic mass is 9.96. The molecule has 3 heterocycles. The highest BCUT2D eigenvalue weighted by atomic mass is 35.5. The van der Waals surface area contributed by atoms with E-state index in [-0.39, 0.29) is 24.2 Å². The van der Waals surface area contributed by atoms with E-state index in [2.05, 4.69) is 15.3 Å². The maximum Gasteiger partial charge on any atom is 0.230 e. The van der Waals surface area contributed by atoms with Crippen molar-refractivity contribution >= 4 is 40.8 Å². The molecule has 9 heteroatoms. The fourth-order valence-corrected chi connectivity index (χ4v) is 4.30. The molecule has 7 nitrogen and oxygen atoms in total. The second-order valence-electron chi connectivity index (χ2n) is 8.13. The van der Waals surface area contributed by atoms with E-state index in [1.807, 2.05) is 13.0 Å². The molecule has 33 heavy (non-hydrogen) atoms. The van der Waals surface area contributed by atoms with Crippen molar-refractivity contribution in [1.29, 1.82) is 0 Å². The number of piperidine rings is 1. The zero-order chi connectivity index (χ0) is 23.4. The van der Waals surface area contributed by atoms with Crippen LogP contribution in [0.2, 0.25) is 10.0 Å². The summed E-state index contributed by atoms with van der Waals surface area (Å²) >= 11 is 12.2. The van der Waals surface area contributed by atoms with Crippen molar-refractivity contribution in [2.75, 3.05) is 18.4 Å². The monoisotopic (exact) mass is 486 g/mol. The Labute approximate surface area is 202 Å². The molecule has 0 bridgehead atoms. The minimum Gasteiger partial charge on any atom is -0.441 e. The number of amides is 2. The van der Waals surface area contributed by atoms with Gasteiger partial charge in [0.05, 0.1) is 17.1 Å². The summed E-state index contributed by atoms with van der Waals surface area (Å²) in [4.78, 5) is 35.7. The molecule has 0 radical (unpaired) electrons. The highest BCUT2D eigenvalue weighted by Gasteiger charge is 2.28. The number of aromatic nitrogens is 2. The van der Waals surface area contributed by atoms with Crippen molar-refractivity contribution in [3.63, 3.8) is 0 Å². The summed E-state index contributed by atoms with van der Waals surface area (Å²) in [5.74, 6) is 1.12. The van der Waals surface area contributed by atoms with Crippen LogP contribution in [0.4, 0.5) is 5.82 Å². The number of nitrogens with zero attached hydrogens (tertiary/aromatic N) is 3. The summed E-state index contributed by atoms with van der Waals surface area (Å²) in [6, 6.07) is 8.81. The minimum atomic E-state index is -0.258. The molecule has 4 rings (SSSR count). The molecule has 0 spiro atoms. The summed E-state index contributed by atoms with van der Waals surface area (Å²) in [5.41, 5.74) is 1.72. The lowest BCUT2D eigenvalue weighted by molar-refractivity contribution is -0.134. The molecule has 1 saturated heterocycles. The maximum atomic E-state index is 12.8. The van der Waals surface area contributed by atoms with Crippen LogP contribution in [0.1, 0.15) is 30.7 Å². The molecule has 1 atom stereocenters. The van der Waals surface area contributed by atoms with Crippen LogP contribution in [0, 0.1) is 12.8 Å². The lowest BCUT2D eigenvalue weighted by Crippen LogP contribution is -2.43. The molecule has 0 aliphatic carbocycles. The van der Waals surface area contributed by atoms with Crippen molar-refractivity contribution in [3.8, 4) is 11.3 Å². The second kappa shape index (κ2) is 10.4. The fourth-order valence-electron chi connectivity index (χ4n) is 3.80. The highest BCUT2D eigenvalue weighted by molar-refractivity contribution is 6.36. The molecular formula is C24H24Cl2N4O3. The number of hydrogen-bond donors (Lipinski definition) is 1. The van der Waals surface area contributed by atoms with Gasteiger partial charge in [-0.3, -0.25) is 9.59 Å². The molecule has 3 aromatic rings. The minimum absolute atomic E-state index is 0.0229. The summed E-state index contributed by atoms with van der Waals surface area (Å²) in [7, 11) is 0. The van der Waals surface area contributed by atoms with Gasteiger partial charge in [-0.1, -0.05) is 29.3 Å². The summed E-state index contributed by atoms with van der Waals surface area (Å²) in [6.45, 7) is 2.98. The molecule has 1 unspecified atom stereocenters. The van der Waals surface area contributed by atoms with Crippen LogP contribution >= 0.6 is 23.2 Å². The molecule has 2 amide bonds. The molecule has 1 fully saturated rings. The number of rotatable bonds is 6. The van der Waals surface area contributed by atoms with Gasteiger partial charge in [0.2, 0.25) is 11.8 Å². The lowest BCUT2D eigenvalue weighted by Gasteiger charge is -2.32. The van der Waals surface area contributed by atoms with Crippen molar-refractivity contribution in [2.24, 2.45) is 5.92 Å². The zero-order valence-electron chi connectivity index (χ0n) is 18.2. The number of benzene rings is 1. The molecule has 1 aliphatic rings. The topological polar surface area (TPSA) is 88.3 Å². The molecule has 1 aromatic carbocycles. The smallest absolute Gasteiger partial charge is 0.230 e. The van der Waals surface area contributed by atoms with Crippen molar-refractivity contribution < 1.29 is 14.0 Å². The van der Waals surface area contributed by atoms with Crippen LogP contribution < -0.4 is 5.32 Å². The third kappa shape index (κ3) is 5.92. The Bertz CT molecular complexity index is 1150. The fraction of sp³-hybridized carbons (Fsp3) is 0.333. The number of halogens is 2. The third-order valence-corrected chi connectivity index (χ3v) is 6.16. The summed E-state index contributed by atoms with van der Waals surface area (Å²) in [6.07, 6.45) is 5.44. The van der Waals surface area contributed by atoms with Gasteiger partial charge in [-0.25, -0.2) is 9.97 Å². The molecule has 172 valence electrons. The Kier molecular flexibility index (Phi) is 7.30. The first-order valence-corrected chi connectivity index (χ1v) is 11.6. The van der Waals surface area contributed by atoms with E-state index >= 15 is 0 Å². The second-order valence-corrected chi connectivity index (χ2v) is 8.98. The Morgan fingerprint density at radius 3 is 2.79 bits per heavy atom. The highest BCUT2D eigenvalue weighted by Crippen LogP contribution is 2.31. The molecule has 1 aliphatic heterocycles. The molecule has 2 aromatic heterocycles. The average Bonchev–Trinajstić information content (AvgIpc) is 3.27. The predicted octanol–water partition coefficient (Wildman–Crippen LogP) is 5.16. The zero-order valence-corrected chi connectivity index (χ0v) is 19.7. The predicted molar refractivity (Wildman–Crippen MR) is 127 cm³/mol. The molecular weight excluding hydrogens is 463 g/mol. The van der Waals surface area contributed by atoms with Crippen LogP contribution in [-0.4, -0.2) is 39.8 Å². The van der Waals surface area contributed by atoms with Gasteiger partial charge in [-0.05, 0) is 49.6 Å². The molecule has 0 saturated carbocycles. The Morgan fingerprint density at radius 1 is 1.18 bits per heavy atom. The van der Waals surface area contributed by atoms with E-state index in [9.17, 15) is 9.59 Å². The number of carbonyl (C=O) groups is 2. The van der Waals surface area contributed by atoms with Crippen molar-refractivity contribution in [1.82, 2.24) is 14.9 Å². The van der Waals surface area contributed by atoms with Crippen molar-refractivity contribution in [3.05, 3.63) is 64.2 Å². The normalized spacial score (nSPS) is 16.0. The van der Waals surface area contributed by atoms with E-state index in [4.69, 9.17) is 27.6 Å². The van der Waals surface area contributed by atoms with E-state index < -0.39 is 0 Å². The van der Waals surface area contributed by atoms with Gasteiger partial charge in [-0.2, -0.15) is 0 Å². The average molecular weight is 487 g/mol. The Hall–Kier alpha value is -2.90. The van der Waals surface area contributed by atoms with Crippen LogP contribution in [0.15, 0.2) is 47.1 Å². The summed E-state index contributed by atoms with van der Waals surface area (Å²) in [5, 5.41) is 3.86. The van der Waals surface area contributed by atoms with E-state index in [1.165, 1.54) is 0 Å². The molecule has 1 N–H and O–H groups in total. The van der Waals surface area contributed by atoms with Crippen LogP contribution in [0.5, 0.6) is 0 Å². The van der Waals surface area contributed by atoms with Crippen molar-refractivity contribution in [2.45, 2.75) is 32.6 Å². The summed E-state index contributed by atoms with van der Waals surface area (Å²) < 4.78 is 5.78. The Balaban J connectivity index is 1.31. The first-order valence-electron chi connectivity index (χ1n) is 10.8. The number of pyridine rings is 1. The number of nitrogens with one attached hydrogen (secondary N) is 1. The number of likely N-dealkylation sites (tertiary alicyclic amines) is 1. The largest absolute Gasteiger partial charge is 0.441 e. The number of anilines is 1. The first kappa shape index (κ1) is 23.3. The third-order valence-electron chi connectivity index (χ3n) is 5.61. The number of hydrogen-bond acceptors (Lipinski definition) is 5. The van der Waals surface area contributed by atoms with Crippen LogP contribution in [0.25, 0.3) is 11.3 Å². The quantitative estimate of drug-likeness (QED) is 0.519. The van der Waals surface area contributed by atoms with Gasteiger partial charge >= 0.3 is 0 Å². The van der Waals surface area contributed by atoms with E-state index in [1.54, 1.807) is 41.6 Å².